The first-order chi connectivity index (χ1) is 9.27. The number of nitrogens with zero attached hydrogens (tertiary/aromatic N) is 2. The number of primary amides is 1. The summed E-state index contributed by atoms with van der Waals surface area (Å²) in [5.74, 6) is -1.61. The van der Waals surface area contributed by atoms with E-state index >= 15 is 0 Å². The number of alkyl halides is 3. The average molecular weight is 310 g/mol. The van der Waals surface area contributed by atoms with Gasteiger partial charge >= 0.3 is 12.3 Å². The van der Waals surface area contributed by atoms with Crippen LogP contribution in [0.15, 0.2) is 6.20 Å². The molecule has 0 saturated carbocycles. The number of anilines is 2. The molecule has 112 valence electrons. The second-order valence-corrected chi connectivity index (χ2v) is 5.30. The fourth-order valence-electron chi connectivity index (χ4n) is 2.19. The van der Waals surface area contributed by atoms with E-state index in [2.05, 4.69) is 4.37 Å². The van der Waals surface area contributed by atoms with Crippen LogP contribution >= 0.6 is 11.5 Å². The van der Waals surface area contributed by atoms with Crippen LogP contribution in [0.1, 0.15) is 6.42 Å². The minimum absolute atomic E-state index is 0.113. The first-order valence-electron chi connectivity index (χ1n) is 5.75. The Morgan fingerprint density at radius 1 is 1.50 bits per heavy atom. The number of rotatable bonds is 2. The van der Waals surface area contributed by atoms with Crippen molar-refractivity contribution in [3.05, 3.63) is 6.20 Å². The molecule has 6 nitrogen and oxygen atoms in total. The zero-order valence-corrected chi connectivity index (χ0v) is 11.1. The van der Waals surface area contributed by atoms with Crippen LogP contribution in [0.5, 0.6) is 0 Å². The molecular formula is C10H13F3N4O2S. The van der Waals surface area contributed by atoms with E-state index in [-0.39, 0.29) is 19.5 Å². The molecule has 2 atom stereocenters. The predicted molar refractivity (Wildman–Crippen MR) is 67.4 cm³/mol. The number of aromatic nitrogens is 1. The standard InChI is InChI=1S/C10H13F3N4O2S/c11-10(12,13)5-1-6(19-9(15)18)4-17(3-5)8-7(14)2-16-20-8/h2,5-6H,1,3-4,14H2,(H2,15,18)/t5-,6+/m1/s1. The number of hydrogen-bond acceptors (Lipinski definition) is 6. The first-order valence-corrected chi connectivity index (χ1v) is 6.52. The third-order valence-corrected chi connectivity index (χ3v) is 3.90. The second-order valence-electron chi connectivity index (χ2n) is 4.52. The van der Waals surface area contributed by atoms with Crippen LogP contribution in [0, 0.1) is 5.92 Å². The molecule has 0 aromatic carbocycles. The molecule has 0 aliphatic carbocycles. The molecule has 0 spiro atoms. The maximum absolute atomic E-state index is 12.9. The Hall–Kier alpha value is -1.71. The van der Waals surface area contributed by atoms with Gasteiger partial charge in [0.15, 0.2) is 0 Å². The zero-order chi connectivity index (χ0) is 14.9. The summed E-state index contributed by atoms with van der Waals surface area (Å²) in [5.41, 5.74) is 10.8. The first kappa shape index (κ1) is 14.7. The minimum atomic E-state index is -4.38. The van der Waals surface area contributed by atoms with E-state index in [1.807, 2.05) is 0 Å². The van der Waals surface area contributed by atoms with Gasteiger partial charge in [0.2, 0.25) is 0 Å². The summed E-state index contributed by atoms with van der Waals surface area (Å²) in [5, 5.41) is 0.442. The molecule has 1 saturated heterocycles. The third-order valence-electron chi connectivity index (χ3n) is 3.02. The van der Waals surface area contributed by atoms with Gasteiger partial charge in [0.1, 0.15) is 11.1 Å². The molecule has 0 radical (unpaired) electrons. The van der Waals surface area contributed by atoms with E-state index in [1.54, 1.807) is 0 Å². The van der Waals surface area contributed by atoms with Gasteiger partial charge in [0.25, 0.3) is 0 Å². The van der Waals surface area contributed by atoms with Crippen LogP contribution in [0.4, 0.5) is 28.7 Å². The van der Waals surface area contributed by atoms with Gasteiger partial charge in [0.05, 0.1) is 24.3 Å². The highest BCUT2D eigenvalue weighted by Crippen LogP contribution is 2.38. The molecule has 10 heteroatoms. The topological polar surface area (TPSA) is 94.5 Å². The van der Waals surface area contributed by atoms with Crippen molar-refractivity contribution in [2.45, 2.75) is 18.7 Å². The van der Waals surface area contributed by atoms with Crippen molar-refractivity contribution in [3.8, 4) is 0 Å². The molecule has 0 unspecified atom stereocenters. The lowest BCUT2D eigenvalue weighted by Gasteiger charge is -2.38. The van der Waals surface area contributed by atoms with Crippen molar-refractivity contribution in [2.24, 2.45) is 11.7 Å². The third kappa shape index (κ3) is 3.24. The maximum Gasteiger partial charge on any atom is 0.404 e. The van der Waals surface area contributed by atoms with Gasteiger partial charge in [0, 0.05) is 6.54 Å². The smallest absolute Gasteiger partial charge is 0.404 e. The van der Waals surface area contributed by atoms with Crippen molar-refractivity contribution in [3.63, 3.8) is 0 Å². The summed E-state index contributed by atoms with van der Waals surface area (Å²) < 4.78 is 47.3. The van der Waals surface area contributed by atoms with Crippen LogP contribution in [-0.4, -0.2) is 35.8 Å². The summed E-state index contributed by atoms with van der Waals surface area (Å²) in [7, 11) is 0. The molecule has 1 aliphatic rings. The largest absolute Gasteiger partial charge is 0.444 e. The van der Waals surface area contributed by atoms with E-state index < -0.39 is 24.3 Å². The Labute approximate surface area is 116 Å². The van der Waals surface area contributed by atoms with E-state index in [0.29, 0.717) is 10.7 Å². The zero-order valence-electron chi connectivity index (χ0n) is 10.3. The minimum Gasteiger partial charge on any atom is -0.444 e. The maximum atomic E-state index is 12.9. The monoisotopic (exact) mass is 310 g/mol. The van der Waals surface area contributed by atoms with Gasteiger partial charge in [-0.3, -0.25) is 0 Å². The molecule has 4 N–H and O–H groups in total. The Kier molecular flexibility index (Phi) is 3.93. The SMILES string of the molecule is NC(=O)O[C@H]1C[C@@H](C(F)(F)F)CN(c2sncc2N)C1. The molecule has 1 amide bonds. The van der Waals surface area contributed by atoms with E-state index in [4.69, 9.17) is 16.2 Å². The fourth-order valence-corrected chi connectivity index (χ4v) is 2.88. The molecule has 1 aromatic heterocycles. The number of nitrogens with two attached hydrogens (primary N) is 2. The number of carbonyl (C=O) groups is 1. The highest BCUT2D eigenvalue weighted by molar-refractivity contribution is 7.10. The van der Waals surface area contributed by atoms with Crippen molar-refractivity contribution >= 4 is 28.3 Å². The molecule has 1 aliphatic heterocycles. The Bertz CT molecular complexity index is 493. The van der Waals surface area contributed by atoms with Crippen LogP contribution in [0.3, 0.4) is 0 Å². The van der Waals surface area contributed by atoms with Gasteiger partial charge in [-0.25, -0.2) is 4.79 Å². The van der Waals surface area contributed by atoms with E-state index in [9.17, 15) is 18.0 Å². The Morgan fingerprint density at radius 3 is 2.70 bits per heavy atom. The number of amides is 1. The average Bonchev–Trinajstić information content (AvgIpc) is 2.73. The summed E-state index contributed by atoms with van der Waals surface area (Å²) in [6.45, 7) is -0.129. The number of halogens is 3. The van der Waals surface area contributed by atoms with Crippen LogP contribution < -0.4 is 16.4 Å². The lowest BCUT2D eigenvalue weighted by atomic mass is 9.95. The van der Waals surface area contributed by atoms with E-state index in [1.165, 1.54) is 11.1 Å². The van der Waals surface area contributed by atoms with Crippen molar-refractivity contribution in [1.82, 2.24) is 4.37 Å². The number of ether oxygens (including phenoxy) is 1. The summed E-state index contributed by atoms with van der Waals surface area (Å²) in [6.07, 6.45) is -5.32. The van der Waals surface area contributed by atoms with Gasteiger partial charge in [-0.1, -0.05) is 0 Å². The highest BCUT2D eigenvalue weighted by Gasteiger charge is 2.46. The normalized spacial score (nSPS) is 23.6. The van der Waals surface area contributed by atoms with Gasteiger partial charge in [-0.2, -0.15) is 17.5 Å². The van der Waals surface area contributed by atoms with Crippen molar-refractivity contribution < 1.29 is 22.7 Å². The number of nitrogen functional groups attached to an aromatic ring is 1. The second kappa shape index (κ2) is 5.35. The van der Waals surface area contributed by atoms with Gasteiger partial charge < -0.3 is 21.1 Å². The van der Waals surface area contributed by atoms with E-state index in [0.717, 1.165) is 11.5 Å². The van der Waals surface area contributed by atoms with Crippen LogP contribution in [0.25, 0.3) is 0 Å². The Morgan fingerprint density at radius 2 is 2.20 bits per heavy atom. The molecule has 0 bridgehead atoms. The lowest BCUT2D eigenvalue weighted by Crippen LogP contribution is -2.49. The number of carbonyl (C=O) groups excluding carboxylic acids is 1. The summed E-state index contributed by atoms with van der Waals surface area (Å²) in [4.78, 5) is 12.2. The molecule has 2 rings (SSSR count). The van der Waals surface area contributed by atoms with Crippen molar-refractivity contribution in [1.29, 1.82) is 0 Å². The molecule has 2 heterocycles. The summed E-state index contributed by atoms with van der Waals surface area (Å²) in [6, 6.07) is 0. The molecular weight excluding hydrogens is 297 g/mol. The number of hydrogen-bond donors (Lipinski definition) is 2. The van der Waals surface area contributed by atoms with Gasteiger partial charge in [-0.15, -0.1) is 0 Å². The molecule has 1 aromatic rings. The molecule has 20 heavy (non-hydrogen) atoms. The van der Waals surface area contributed by atoms with Crippen molar-refractivity contribution in [2.75, 3.05) is 23.7 Å². The van der Waals surface area contributed by atoms with Crippen LogP contribution in [-0.2, 0) is 4.74 Å². The highest BCUT2D eigenvalue weighted by atomic mass is 32.1. The number of piperidine rings is 1. The summed E-state index contributed by atoms with van der Waals surface area (Å²) >= 11 is 1.00. The predicted octanol–water partition coefficient (Wildman–Crippen LogP) is 1.58. The fraction of sp³-hybridized carbons (Fsp3) is 0.600. The quantitative estimate of drug-likeness (QED) is 0.865. The lowest BCUT2D eigenvalue weighted by molar-refractivity contribution is -0.182. The molecule has 1 fully saturated rings. The van der Waals surface area contributed by atoms with Crippen LogP contribution in [0.2, 0.25) is 0 Å². The Balaban J connectivity index is 2.20. The van der Waals surface area contributed by atoms with Gasteiger partial charge in [-0.05, 0) is 18.0 Å².